The van der Waals surface area contributed by atoms with Crippen LogP contribution in [-0.2, 0) is 6.54 Å². The summed E-state index contributed by atoms with van der Waals surface area (Å²) in [6.45, 7) is 4.67. The predicted molar refractivity (Wildman–Crippen MR) is 89.2 cm³/mol. The second kappa shape index (κ2) is 5.95. The van der Waals surface area contributed by atoms with E-state index in [1.165, 1.54) is 32.1 Å². The highest BCUT2D eigenvalue weighted by atomic mass is 16.2. The van der Waals surface area contributed by atoms with E-state index in [1.54, 1.807) is 0 Å². The molecule has 5 heteroatoms. The molecule has 0 bridgehead atoms. The Morgan fingerprint density at radius 2 is 2.04 bits per heavy atom. The van der Waals surface area contributed by atoms with Gasteiger partial charge in [0.15, 0.2) is 0 Å². The summed E-state index contributed by atoms with van der Waals surface area (Å²) in [5.74, 6) is 1.72. The van der Waals surface area contributed by atoms with E-state index in [-0.39, 0.29) is 5.91 Å². The van der Waals surface area contributed by atoms with E-state index >= 15 is 0 Å². The molecule has 1 aromatic carbocycles. The van der Waals surface area contributed by atoms with Gasteiger partial charge in [0.25, 0.3) is 5.91 Å². The molecular formula is C18H24N4O. The summed E-state index contributed by atoms with van der Waals surface area (Å²) in [6.07, 6.45) is 6.52. The normalized spacial score (nSPS) is 24.7. The van der Waals surface area contributed by atoms with Crippen molar-refractivity contribution in [3.05, 3.63) is 23.8 Å². The monoisotopic (exact) mass is 312 g/mol. The maximum absolute atomic E-state index is 12.9. The third-order valence-electron chi connectivity index (χ3n) is 5.64. The van der Waals surface area contributed by atoms with Crippen molar-refractivity contribution in [1.82, 2.24) is 19.9 Å². The number of hydrogen-bond acceptors (Lipinski definition) is 3. The van der Waals surface area contributed by atoms with Gasteiger partial charge in [-0.15, -0.1) is 5.10 Å². The molecule has 1 amide bonds. The zero-order chi connectivity index (χ0) is 15.8. The third-order valence-corrected chi connectivity index (χ3v) is 5.64. The summed E-state index contributed by atoms with van der Waals surface area (Å²) >= 11 is 0. The van der Waals surface area contributed by atoms with Crippen LogP contribution in [0.25, 0.3) is 11.0 Å². The third kappa shape index (κ3) is 2.62. The van der Waals surface area contributed by atoms with Gasteiger partial charge in [-0.2, -0.15) is 0 Å². The molecule has 2 heterocycles. The van der Waals surface area contributed by atoms with E-state index < -0.39 is 0 Å². The lowest BCUT2D eigenvalue weighted by molar-refractivity contribution is 0.0521. The minimum atomic E-state index is 0.155. The molecule has 0 N–H and O–H groups in total. The average Bonchev–Trinajstić information content (AvgIpc) is 3.03. The van der Waals surface area contributed by atoms with E-state index in [1.807, 2.05) is 29.8 Å². The molecule has 23 heavy (non-hydrogen) atoms. The van der Waals surface area contributed by atoms with E-state index in [0.717, 1.165) is 42.1 Å². The number of fused-ring (bicyclic) bond motifs is 2. The van der Waals surface area contributed by atoms with Crippen molar-refractivity contribution >= 4 is 16.9 Å². The fraction of sp³-hybridized carbons (Fsp3) is 0.611. The van der Waals surface area contributed by atoms with Gasteiger partial charge in [-0.3, -0.25) is 4.79 Å². The number of hydrogen-bond donors (Lipinski definition) is 0. The van der Waals surface area contributed by atoms with Crippen LogP contribution in [0.15, 0.2) is 18.2 Å². The van der Waals surface area contributed by atoms with Gasteiger partial charge in [0.1, 0.15) is 5.52 Å². The van der Waals surface area contributed by atoms with Crippen LogP contribution in [0.5, 0.6) is 0 Å². The molecule has 2 fully saturated rings. The molecule has 4 rings (SSSR count). The molecule has 1 aliphatic carbocycles. The van der Waals surface area contributed by atoms with Crippen LogP contribution in [0.4, 0.5) is 0 Å². The van der Waals surface area contributed by atoms with Gasteiger partial charge < -0.3 is 4.90 Å². The highest BCUT2D eigenvalue weighted by Crippen LogP contribution is 2.36. The summed E-state index contributed by atoms with van der Waals surface area (Å²) in [6, 6.07) is 5.79. The molecule has 1 saturated carbocycles. The second-order valence-corrected chi connectivity index (χ2v) is 6.95. The number of nitrogens with zero attached hydrogens (tertiary/aromatic N) is 4. The van der Waals surface area contributed by atoms with Crippen molar-refractivity contribution in [3.8, 4) is 0 Å². The van der Waals surface area contributed by atoms with Gasteiger partial charge in [-0.25, -0.2) is 4.68 Å². The van der Waals surface area contributed by atoms with Crippen molar-refractivity contribution in [2.24, 2.45) is 11.8 Å². The summed E-state index contributed by atoms with van der Waals surface area (Å²) in [4.78, 5) is 14.9. The summed E-state index contributed by atoms with van der Waals surface area (Å²) in [5, 5.41) is 8.31. The van der Waals surface area contributed by atoms with Crippen molar-refractivity contribution in [2.45, 2.75) is 45.6 Å². The predicted octanol–water partition coefficient (Wildman–Crippen LogP) is 3.10. The molecular weight excluding hydrogens is 288 g/mol. The molecule has 1 aromatic heterocycles. The van der Waals surface area contributed by atoms with E-state index in [0.29, 0.717) is 5.92 Å². The van der Waals surface area contributed by atoms with E-state index in [2.05, 4.69) is 15.2 Å². The lowest BCUT2D eigenvalue weighted by Crippen LogP contribution is -2.44. The number of amides is 1. The summed E-state index contributed by atoms with van der Waals surface area (Å²) < 4.78 is 1.86. The van der Waals surface area contributed by atoms with Gasteiger partial charge in [-0.05, 0) is 49.8 Å². The Labute approximate surface area is 136 Å². The highest BCUT2D eigenvalue weighted by Gasteiger charge is 2.33. The minimum absolute atomic E-state index is 0.155. The molecule has 1 saturated heterocycles. The van der Waals surface area contributed by atoms with Crippen LogP contribution in [-0.4, -0.2) is 38.9 Å². The van der Waals surface area contributed by atoms with Crippen LogP contribution >= 0.6 is 0 Å². The van der Waals surface area contributed by atoms with Crippen molar-refractivity contribution in [2.75, 3.05) is 13.1 Å². The van der Waals surface area contributed by atoms with Crippen LogP contribution in [0, 0.1) is 11.8 Å². The SMILES string of the molecule is CCn1nnc2cc(C(=O)N3CC[C@@H]4CCCC[C@H]4C3)ccc21. The van der Waals surface area contributed by atoms with Gasteiger partial charge in [0.05, 0.1) is 5.52 Å². The van der Waals surface area contributed by atoms with Crippen LogP contribution in [0.3, 0.4) is 0 Å². The van der Waals surface area contributed by atoms with E-state index in [9.17, 15) is 4.79 Å². The fourth-order valence-electron chi connectivity index (χ4n) is 4.31. The molecule has 122 valence electrons. The fourth-order valence-corrected chi connectivity index (χ4v) is 4.31. The number of piperidine rings is 1. The zero-order valence-electron chi connectivity index (χ0n) is 13.7. The number of rotatable bonds is 2. The number of benzene rings is 1. The van der Waals surface area contributed by atoms with Crippen molar-refractivity contribution in [1.29, 1.82) is 0 Å². The number of carbonyl (C=O) groups excluding carboxylic acids is 1. The number of likely N-dealkylation sites (tertiary alicyclic amines) is 1. The first-order valence-corrected chi connectivity index (χ1v) is 8.89. The number of aryl methyl sites for hydroxylation is 1. The molecule has 2 aromatic rings. The summed E-state index contributed by atoms with van der Waals surface area (Å²) in [7, 11) is 0. The molecule has 2 aliphatic rings. The Kier molecular flexibility index (Phi) is 3.79. The maximum atomic E-state index is 12.9. The Balaban J connectivity index is 1.54. The van der Waals surface area contributed by atoms with Gasteiger partial charge >= 0.3 is 0 Å². The Morgan fingerprint density at radius 3 is 2.87 bits per heavy atom. The first-order chi connectivity index (χ1) is 11.3. The van der Waals surface area contributed by atoms with E-state index in [4.69, 9.17) is 0 Å². The second-order valence-electron chi connectivity index (χ2n) is 6.95. The largest absolute Gasteiger partial charge is 0.338 e. The zero-order valence-corrected chi connectivity index (χ0v) is 13.7. The quantitative estimate of drug-likeness (QED) is 0.856. The van der Waals surface area contributed by atoms with Crippen LogP contribution in [0.1, 0.15) is 49.4 Å². The lowest BCUT2D eigenvalue weighted by Gasteiger charge is -2.41. The summed E-state index contributed by atoms with van der Waals surface area (Å²) in [5.41, 5.74) is 2.55. The lowest BCUT2D eigenvalue weighted by atomic mass is 9.75. The number of aromatic nitrogens is 3. The van der Waals surface area contributed by atoms with Crippen LogP contribution in [0.2, 0.25) is 0 Å². The van der Waals surface area contributed by atoms with Gasteiger partial charge in [0, 0.05) is 25.2 Å². The van der Waals surface area contributed by atoms with Crippen molar-refractivity contribution in [3.63, 3.8) is 0 Å². The van der Waals surface area contributed by atoms with Crippen molar-refractivity contribution < 1.29 is 4.79 Å². The first-order valence-electron chi connectivity index (χ1n) is 8.89. The molecule has 0 unspecified atom stereocenters. The molecule has 5 nitrogen and oxygen atoms in total. The topological polar surface area (TPSA) is 51.0 Å². The molecule has 1 aliphatic heterocycles. The highest BCUT2D eigenvalue weighted by molar-refractivity contribution is 5.97. The average molecular weight is 312 g/mol. The maximum Gasteiger partial charge on any atom is 0.253 e. The minimum Gasteiger partial charge on any atom is -0.338 e. The smallest absolute Gasteiger partial charge is 0.253 e. The molecule has 0 spiro atoms. The first kappa shape index (κ1) is 14.7. The standard InChI is InChI=1S/C18H24N4O/c1-2-22-17-8-7-14(11-16(17)19-20-22)18(23)21-10-9-13-5-3-4-6-15(13)12-21/h7-8,11,13,15H,2-6,9-10,12H2,1H3/t13-,15-/m0/s1. The Hall–Kier alpha value is -1.91. The van der Waals surface area contributed by atoms with Crippen LogP contribution < -0.4 is 0 Å². The van der Waals surface area contributed by atoms with Gasteiger partial charge in [0.2, 0.25) is 0 Å². The van der Waals surface area contributed by atoms with Gasteiger partial charge in [-0.1, -0.05) is 24.5 Å². The Bertz CT molecular complexity index is 723. The Morgan fingerprint density at radius 1 is 1.22 bits per heavy atom. The molecule has 2 atom stereocenters. The number of carbonyl (C=O) groups is 1. The molecule has 0 radical (unpaired) electrons.